The van der Waals surface area contributed by atoms with Gasteiger partial charge in [-0.2, -0.15) is 5.10 Å². The highest BCUT2D eigenvalue weighted by Crippen LogP contribution is 2.28. The predicted molar refractivity (Wildman–Crippen MR) is 142 cm³/mol. The third-order valence-electron chi connectivity index (χ3n) is 6.34. The maximum absolute atomic E-state index is 13.9. The number of halogens is 1. The first kappa shape index (κ1) is 24.5. The number of pyridine rings is 2. The van der Waals surface area contributed by atoms with Crippen molar-refractivity contribution in [1.29, 1.82) is 0 Å². The van der Waals surface area contributed by atoms with E-state index in [1.807, 2.05) is 37.0 Å². The number of hydrogen-bond donors (Lipinski definition) is 1. The van der Waals surface area contributed by atoms with Gasteiger partial charge in [0.2, 0.25) is 6.41 Å². The van der Waals surface area contributed by atoms with E-state index in [9.17, 15) is 9.59 Å². The molecule has 0 unspecified atom stereocenters. The zero-order chi connectivity index (χ0) is 26.3. The first-order valence-corrected chi connectivity index (χ1v) is 12.0. The van der Waals surface area contributed by atoms with Crippen LogP contribution >= 0.6 is 11.6 Å². The van der Waals surface area contributed by atoms with Crippen LogP contribution in [-0.2, 0) is 18.4 Å². The minimum absolute atomic E-state index is 0.221. The Morgan fingerprint density at radius 2 is 1.95 bits per heavy atom. The summed E-state index contributed by atoms with van der Waals surface area (Å²) in [5.74, 6) is 0.169. The Labute approximate surface area is 217 Å². The normalized spacial score (nSPS) is 11.6. The van der Waals surface area contributed by atoms with Gasteiger partial charge in [0.1, 0.15) is 11.5 Å². The molecule has 0 bridgehead atoms. The van der Waals surface area contributed by atoms with Crippen molar-refractivity contribution in [3.8, 4) is 0 Å². The van der Waals surface area contributed by atoms with Crippen LogP contribution in [0.3, 0.4) is 0 Å². The molecule has 2 N–H and O–H groups in total. The monoisotopic (exact) mass is 519 g/mol. The van der Waals surface area contributed by atoms with Crippen molar-refractivity contribution >= 4 is 57.2 Å². The van der Waals surface area contributed by atoms with E-state index in [-0.39, 0.29) is 12.5 Å². The highest BCUT2D eigenvalue weighted by Gasteiger charge is 2.23. The number of aromatic nitrogens is 5. The van der Waals surface area contributed by atoms with E-state index >= 15 is 0 Å². The highest BCUT2D eigenvalue weighted by atomic mass is 35.5. The molecular formula is C25H26ClN9O2. The van der Waals surface area contributed by atoms with Gasteiger partial charge in [0.05, 0.1) is 34.9 Å². The van der Waals surface area contributed by atoms with Crippen LogP contribution in [0.5, 0.6) is 0 Å². The van der Waals surface area contributed by atoms with Crippen LogP contribution in [0.2, 0.25) is 5.02 Å². The lowest BCUT2D eigenvalue weighted by atomic mass is 10.1. The molecule has 2 amide bonds. The topological polar surface area (TPSA) is 118 Å². The first-order valence-electron chi connectivity index (χ1n) is 11.6. The van der Waals surface area contributed by atoms with Crippen molar-refractivity contribution < 1.29 is 9.59 Å². The van der Waals surface area contributed by atoms with E-state index in [1.165, 1.54) is 4.90 Å². The molecule has 5 rings (SSSR count). The zero-order valence-corrected chi connectivity index (χ0v) is 21.4. The molecule has 11 nitrogen and oxygen atoms in total. The Hall–Kier alpha value is -4.22. The first-order chi connectivity index (χ1) is 17.7. The summed E-state index contributed by atoms with van der Waals surface area (Å²) >= 11 is 6.12. The molecule has 0 aliphatic heterocycles. The summed E-state index contributed by atoms with van der Waals surface area (Å²) in [6.07, 6.45) is 6.12. The highest BCUT2D eigenvalue weighted by molar-refractivity contribution is 6.30. The van der Waals surface area contributed by atoms with Crippen LogP contribution in [0.25, 0.3) is 27.5 Å². The molecule has 1 aromatic carbocycles. The van der Waals surface area contributed by atoms with Gasteiger partial charge in [-0.3, -0.25) is 19.3 Å². The molecule has 0 aliphatic carbocycles. The number of nitrogens with zero attached hydrogens (tertiary/aromatic N) is 8. The molecule has 0 radical (unpaired) electrons. The van der Waals surface area contributed by atoms with Crippen molar-refractivity contribution in [2.24, 2.45) is 7.05 Å². The van der Waals surface area contributed by atoms with Gasteiger partial charge in [0.25, 0.3) is 5.91 Å². The number of hydrazine groups is 1. The number of amides is 2. The lowest BCUT2D eigenvalue weighted by Crippen LogP contribution is -2.46. The van der Waals surface area contributed by atoms with E-state index in [4.69, 9.17) is 17.3 Å². The second-order valence-corrected chi connectivity index (χ2v) is 9.37. The molecule has 190 valence electrons. The number of nitrogens with two attached hydrogens (primary N) is 1. The fourth-order valence-electron chi connectivity index (χ4n) is 4.30. The number of anilines is 1. The third-order valence-corrected chi connectivity index (χ3v) is 6.58. The molecular weight excluding hydrogens is 494 g/mol. The minimum Gasteiger partial charge on any atom is -0.383 e. The Morgan fingerprint density at radius 3 is 2.73 bits per heavy atom. The van der Waals surface area contributed by atoms with Gasteiger partial charge in [0, 0.05) is 62.6 Å². The number of hydrogen-bond acceptors (Lipinski definition) is 7. The number of nitrogen functional groups attached to an aromatic ring is 1. The average molecular weight is 520 g/mol. The quantitative estimate of drug-likeness (QED) is 0.247. The van der Waals surface area contributed by atoms with Crippen molar-refractivity contribution in [3.63, 3.8) is 0 Å². The maximum atomic E-state index is 13.9. The van der Waals surface area contributed by atoms with Gasteiger partial charge in [-0.15, -0.1) is 0 Å². The van der Waals surface area contributed by atoms with Crippen LogP contribution in [0.4, 0.5) is 5.82 Å². The Kier molecular flexibility index (Phi) is 6.40. The molecule has 5 aromatic rings. The molecule has 0 aliphatic rings. The lowest BCUT2D eigenvalue weighted by Gasteiger charge is -2.32. The summed E-state index contributed by atoms with van der Waals surface area (Å²) < 4.78 is 3.58. The van der Waals surface area contributed by atoms with Crippen LogP contribution in [0, 0.1) is 0 Å². The summed E-state index contributed by atoms with van der Waals surface area (Å²) in [6.45, 7) is 1.11. The number of likely N-dealkylation sites (N-methyl/N-ethyl adjacent to an activating group) is 2. The average Bonchev–Trinajstić information content (AvgIpc) is 3.48. The summed E-state index contributed by atoms with van der Waals surface area (Å²) in [5, 5.41) is 9.82. The predicted octanol–water partition coefficient (Wildman–Crippen LogP) is 2.58. The Balaban J connectivity index is 1.53. The number of benzene rings is 1. The number of carbonyl (C=O) groups is 2. The molecule has 37 heavy (non-hydrogen) atoms. The van der Waals surface area contributed by atoms with Gasteiger partial charge in [-0.25, -0.2) is 15.0 Å². The summed E-state index contributed by atoms with van der Waals surface area (Å²) in [5.41, 5.74) is 9.46. The van der Waals surface area contributed by atoms with Crippen LogP contribution in [-0.4, -0.2) is 78.6 Å². The fourth-order valence-corrected chi connectivity index (χ4v) is 4.46. The molecule has 0 spiro atoms. The van der Waals surface area contributed by atoms with Crippen molar-refractivity contribution in [2.75, 3.05) is 32.9 Å². The van der Waals surface area contributed by atoms with E-state index < -0.39 is 0 Å². The van der Waals surface area contributed by atoms with Crippen LogP contribution < -0.4 is 5.73 Å². The van der Waals surface area contributed by atoms with Gasteiger partial charge in [-0.05, 0) is 30.3 Å². The number of fused-ring (bicyclic) bond motifs is 4. The molecule has 0 saturated carbocycles. The SMILES string of the molecule is CN(C=O)CCN(C)N(Cc1cn2ccc(Cl)cc2n1)C(=O)c1ccc2nc(N)c3cnn(C)c3c2c1. The van der Waals surface area contributed by atoms with E-state index in [1.54, 1.807) is 52.2 Å². The minimum atomic E-state index is -0.222. The fraction of sp³-hybridized carbons (Fsp3) is 0.240. The van der Waals surface area contributed by atoms with E-state index in [2.05, 4.69) is 15.1 Å². The van der Waals surface area contributed by atoms with Crippen LogP contribution in [0.1, 0.15) is 16.1 Å². The Bertz CT molecular complexity index is 1640. The molecule has 0 fully saturated rings. The largest absolute Gasteiger partial charge is 0.383 e. The molecule has 4 aromatic heterocycles. The second kappa shape index (κ2) is 9.68. The van der Waals surface area contributed by atoms with E-state index in [0.717, 1.165) is 22.7 Å². The summed E-state index contributed by atoms with van der Waals surface area (Å²) in [7, 11) is 5.33. The number of aryl methyl sites for hydroxylation is 1. The number of imidazole rings is 1. The number of carbonyl (C=O) groups excluding carboxylic acids is 2. The van der Waals surface area contributed by atoms with E-state index in [0.29, 0.717) is 46.4 Å². The molecule has 12 heteroatoms. The third kappa shape index (κ3) is 4.66. The standard InChI is InChI=1S/C25H26ClN9O2/c1-31(15-36)8-9-32(2)35(14-18-13-34-7-6-17(26)11-22(34)29-18)25(37)16-4-5-21-19(10-16)23-20(24(27)30-21)12-28-33(23)3/h4-7,10-13,15H,8-9,14H2,1-3H3,(H2,27,30). The summed E-state index contributed by atoms with van der Waals surface area (Å²) in [4.78, 5) is 35.7. The van der Waals surface area contributed by atoms with Gasteiger partial charge in [0.15, 0.2) is 0 Å². The van der Waals surface area contributed by atoms with Crippen molar-refractivity contribution in [3.05, 3.63) is 65.2 Å². The van der Waals surface area contributed by atoms with Gasteiger partial charge < -0.3 is 15.0 Å². The second-order valence-electron chi connectivity index (χ2n) is 8.93. The van der Waals surface area contributed by atoms with Crippen molar-refractivity contribution in [2.45, 2.75) is 6.54 Å². The Morgan fingerprint density at radius 1 is 1.14 bits per heavy atom. The lowest BCUT2D eigenvalue weighted by molar-refractivity contribution is -0.117. The number of rotatable bonds is 8. The molecule has 0 atom stereocenters. The van der Waals surface area contributed by atoms with Gasteiger partial charge >= 0.3 is 0 Å². The van der Waals surface area contributed by atoms with Crippen molar-refractivity contribution in [1.82, 2.24) is 39.1 Å². The molecule has 4 heterocycles. The maximum Gasteiger partial charge on any atom is 0.268 e. The summed E-state index contributed by atoms with van der Waals surface area (Å²) in [6, 6.07) is 8.88. The van der Waals surface area contributed by atoms with Crippen LogP contribution in [0.15, 0.2) is 48.9 Å². The van der Waals surface area contributed by atoms with Gasteiger partial charge in [-0.1, -0.05) is 11.6 Å². The smallest absolute Gasteiger partial charge is 0.268 e. The molecule has 0 saturated heterocycles. The zero-order valence-electron chi connectivity index (χ0n) is 20.7.